The lowest BCUT2D eigenvalue weighted by Gasteiger charge is -2.22. The van der Waals surface area contributed by atoms with Crippen molar-refractivity contribution in [3.05, 3.63) is 16.8 Å². The summed E-state index contributed by atoms with van der Waals surface area (Å²) in [5.41, 5.74) is 1.48. The van der Waals surface area contributed by atoms with Gasteiger partial charge in [0.15, 0.2) is 0 Å². The number of nitrogens with one attached hydrogen (secondary N) is 2. The Kier molecular flexibility index (Phi) is 4.26. The van der Waals surface area contributed by atoms with Gasteiger partial charge in [-0.2, -0.15) is 0 Å². The standard InChI is InChI=1S/C17H24N4S/c1-2-4-6-12(7-5-3-1)21-16-15-13-8-9-18-10-14(13)22-17(15)20-11-19-16/h11-12,18H,1-10H2,(H,19,20,21). The molecule has 0 bridgehead atoms. The van der Waals surface area contributed by atoms with Crippen molar-refractivity contribution in [1.29, 1.82) is 0 Å². The van der Waals surface area contributed by atoms with Crippen molar-refractivity contribution < 1.29 is 0 Å². The number of hydrogen-bond acceptors (Lipinski definition) is 5. The molecule has 118 valence electrons. The van der Waals surface area contributed by atoms with Gasteiger partial charge in [-0.25, -0.2) is 9.97 Å². The summed E-state index contributed by atoms with van der Waals surface area (Å²) in [5, 5.41) is 8.52. The molecule has 4 nitrogen and oxygen atoms in total. The van der Waals surface area contributed by atoms with Crippen LogP contribution >= 0.6 is 11.3 Å². The molecule has 1 fully saturated rings. The van der Waals surface area contributed by atoms with Crippen molar-refractivity contribution in [1.82, 2.24) is 15.3 Å². The highest BCUT2D eigenvalue weighted by atomic mass is 32.1. The normalized spacial score (nSPS) is 20.4. The topological polar surface area (TPSA) is 49.8 Å². The van der Waals surface area contributed by atoms with Crippen LogP contribution in [-0.2, 0) is 13.0 Å². The Morgan fingerprint density at radius 1 is 1.09 bits per heavy atom. The average molecular weight is 316 g/mol. The van der Waals surface area contributed by atoms with Crippen LogP contribution in [-0.4, -0.2) is 22.6 Å². The van der Waals surface area contributed by atoms with Crippen LogP contribution in [0.1, 0.15) is 55.4 Å². The summed E-state index contributed by atoms with van der Waals surface area (Å²) in [5.74, 6) is 1.08. The molecule has 22 heavy (non-hydrogen) atoms. The molecule has 1 aliphatic carbocycles. The van der Waals surface area contributed by atoms with E-state index in [1.165, 1.54) is 60.8 Å². The van der Waals surface area contributed by atoms with E-state index in [1.807, 2.05) is 11.3 Å². The molecule has 4 rings (SSSR count). The lowest BCUT2D eigenvalue weighted by Crippen LogP contribution is -2.23. The summed E-state index contributed by atoms with van der Waals surface area (Å²) in [6.45, 7) is 2.05. The van der Waals surface area contributed by atoms with Crippen LogP contribution in [0.2, 0.25) is 0 Å². The zero-order chi connectivity index (χ0) is 14.8. The molecular weight excluding hydrogens is 292 g/mol. The molecule has 3 heterocycles. The summed E-state index contributed by atoms with van der Waals surface area (Å²) < 4.78 is 0. The van der Waals surface area contributed by atoms with Gasteiger partial charge in [0.2, 0.25) is 0 Å². The van der Waals surface area contributed by atoms with Crippen LogP contribution < -0.4 is 10.6 Å². The van der Waals surface area contributed by atoms with Gasteiger partial charge in [-0.3, -0.25) is 0 Å². The van der Waals surface area contributed by atoms with Crippen LogP contribution in [0, 0.1) is 0 Å². The number of rotatable bonds is 2. The Morgan fingerprint density at radius 3 is 2.77 bits per heavy atom. The highest BCUT2D eigenvalue weighted by Gasteiger charge is 2.21. The first kappa shape index (κ1) is 14.4. The molecule has 1 aliphatic heterocycles. The van der Waals surface area contributed by atoms with Crippen LogP contribution in [0.25, 0.3) is 10.2 Å². The van der Waals surface area contributed by atoms with Gasteiger partial charge < -0.3 is 10.6 Å². The van der Waals surface area contributed by atoms with E-state index < -0.39 is 0 Å². The van der Waals surface area contributed by atoms with Gasteiger partial charge in [0.05, 0.1) is 5.39 Å². The van der Waals surface area contributed by atoms with E-state index in [1.54, 1.807) is 6.33 Å². The van der Waals surface area contributed by atoms with E-state index in [4.69, 9.17) is 0 Å². The van der Waals surface area contributed by atoms with Gasteiger partial charge in [-0.05, 0) is 31.4 Å². The van der Waals surface area contributed by atoms with Gasteiger partial charge >= 0.3 is 0 Å². The number of nitrogens with zero attached hydrogens (tertiary/aromatic N) is 2. The van der Waals surface area contributed by atoms with Crippen LogP contribution in [0.5, 0.6) is 0 Å². The minimum absolute atomic E-state index is 0.579. The van der Waals surface area contributed by atoms with Gasteiger partial charge in [0.1, 0.15) is 17.0 Å². The predicted molar refractivity (Wildman–Crippen MR) is 92.6 cm³/mol. The quantitative estimate of drug-likeness (QED) is 0.883. The van der Waals surface area contributed by atoms with E-state index >= 15 is 0 Å². The number of anilines is 1. The molecule has 0 unspecified atom stereocenters. The number of aromatic nitrogens is 2. The van der Waals surface area contributed by atoms with E-state index in [2.05, 4.69) is 20.6 Å². The number of fused-ring (bicyclic) bond motifs is 3. The highest BCUT2D eigenvalue weighted by molar-refractivity contribution is 7.18. The zero-order valence-corrected chi connectivity index (χ0v) is 13.8. The molecule has 2 aromatic heterocycles. The Balaban J connectivity index is 1.64. The maximum atomic E-state index is 4.60. The van der Waals surface area contributed by atoms with Gasteiger partial charge in [0.25, 0.3) is 0 Å². The van der Waals surface area contributed by atoms with Crippen molar-refractivity contribution in [2.45, 2.75) is 64.0 Å². The maximum Gasteiger partial charge on any atom is 0.138 e. The molecule has 1 saturated carbocycles. The van der Waals surface area contributed by atoms with Gasteiger partial charge in [-0.15, -0.1) is 11.3 Å². The maximum absolute atomic E-state index is 4.60. The molecule has 2 aromatic rings. The molecule has 0 amide bonds. The third-order valence-corrected chi connectivity index (χ3v) is 6.09. The Bertz CT molecular complexity index is 643. The summed E-state index contributed by atoms with van der Waals surface area (Å²) in [6, 6.07) is 0.579. The van der Waals surface area contributed by atoms with Crippen molar-refractivity contribution in [2.75, 3.05) is 11.9 Å². The molecule has 0 spiro atoms. The molecule has 2 N–H and O–H groups in total. The fraction of sp³-hybridized carbons (Fsp3) is 0.647. The number of hydrogen-bond donors (Lipinski definition) is 2. The first-order valence-corrected chi connectivity index (χ1v) is 9.46. The van der Waals surface area contributed by atoms with Crippen LogP contribution in [0.4, 0.5) is 5.82 Å². The molecular formula is C17H24N4S. The van der Waals surface area contributed by atoms with E-state index in [-0.39, 0.29) is 0 Å². The Labute approximate surface area is 135 Å². The third kappa shape index (κ3) is 2.84. The highest BCUT2D eigenvalue weighted by Crippen LogP contribution is 2.36. The second-order valence-electron chi connectivity index (χ2n) is 6.52. The van der Waals surface area contributed by atoms with Gasteiger partial charge in [0, 0.05) is 17.5 Å². The van der Waals surface area contributed by atoms with E-state index in [0.717, 1.165) is 30.2 Å². The first-order chi connectivity index (χ1) is 10.9. The van der Waals surface area contributed by atoms with Crippen LogP contribution in [0.15, 0.2) is 6.33 Å². The monoisotopic (exact) mass is 316 g/mol. The minimum atomic E-state index is 0.579. The zero-order valence-electron chi connectivity index (χ0n) is 13.0. The second-order valence-corrected chi connectivity index (χ2v) is 7.60. The largest absolute Gasteiger partial charge is 0.367 e. The Morgan fingerprint density at radius 2 is 1.91 bits per heavy atom. The lowest BCUT2D eigenvalue weighted by atomic mass is 9.96. The second kappa shape index (κ2) is 6.50. The summed E-state index contributed by atoms with van der Waals surface area (Å²) in [6.07, 6.45) is 12.3. The smallest absolute Gasteiger partial charge is 0.138 e. The summed E-state index contributed by atoms with van der Waals surface area (Å²) >= 11 is 1.83. The van der Waals surface area contributed by atoms with Crippen molar-refractivity contribution in [2.24, 2.45) is 0 Å². The minimum Gasteiger partial charge on any atom is -0.367 e. The molecule has 0 radical (unpaired) electrons. The predicted octanol–water partition coefficient (Wildman–Crippen LogP) is 3.86. The average Bonchev–Trinajstić information content (AvgIpc) is 2.89. The fourth-order valence-corrected chi connectivity index (χ4v) is 4.92. The Hall–Kier alpha value is -1.20. The molecule has 0 aromatic carbocycles. The number of thiophene rings is 1. The van der Waals surface area contributed by atoms with Gasteiger partial charge in [-0.1, -0.05) is 32.1 Å². The molecule has 5 heteroatoms. The van der Waals surface area contributed by atoms with Crippen molar-refractivity contribution in [3.63, 3.8) is 0 Å². The first-order valence-electron chi connectivity index (χ1n) is 8.64. The molecule has 0 atom stereocenters. The van der Waals surface area contributed by atoms with Crippen LogP contribution in [0.3, 0.4) is 0 Å². The molecule has 0 saturated heterocycles. The van der Waals surface area contributed by atoms with Crippen molar-refractivity contribution in [3.8, 4) is 0 Å². The van der Waals surface area contributed by atoms with E-state index in [0.29, 0.717) is 6.04 Å². The summed E-state index contributed by atoms with van der Waals surface area (Å²) in [7, 11) is 0. The van der Waals surface area contributed by atoms with Crippen molar-refractivity contribution >= 4 is 27.4 Å². The third-order valence-electron chi connectivity index (χ3n) is 4.95. The fourth-order valence-electron chi connectivity index (χ4n) is 3.76. The van der Waals surface area contributed by atoms with E-state index in [9.17, 15) is 0 Å². The molecule has 2 aliphatic rings. The summed E-state index contributed by atoms with van der Waals surface area (Å²) in [4.78, 5) is 11.7. The lowest BCUT2D eigenvalue weighted by molar-refractivity contribution is 0.471. The SMILES string of the molecule is c1nc(NC2CCCCCCC2)c2c3c(sc2n1)CNCC3.